The summed E-state index contributed by atoms with van der Waals surface area (Å²) >= 11 is 0. The van der Waals surface area contributed by atoms with Crippen molar-refractivity contribution in [1.29, 1.82) is 0 Å². The van der Waals surface area contributed by atoms with Crippen LogP contribution in [-0.2, 0) is 0 Å². The molecule has 88 valence electrons. The van der Waals surface area contributed by atoms with Gasteiger partial charge in [-0.15, -0.1) is 0 Å². The second-order valence-electron chi connectivity index (χ2n) is 5.55. The van der Waals surface area contributed by atoms with Crippen LogP contribution in [0.25, 0.3) is 0 Å². The molecule has 2 rings (SSSR count). The van der Waals surface area contributed by atoms with Crippen LogP contribution in [0.4, 0.5) is 0 Å². The molecule has 2 aliphatic rings. The minimum atomic E-state index is 0.873. The molecule has 2 atom stereocenters. The van der Waals surface area contributed by atoms with Gasteiger partial charge in [-0.2, -0.15) is 0 Å². The molecule has 0 aromatic heterocycles. The third-order valence-corrected chi connectivity index (χ3v) is 4.43. The standard InChI is InChI=1S/C13H26N2/c1-14-9-12-7-8-13(12)15(2)10-11-5-3-4-6-11/h11-14H,3-10H2,1-2H3. The molecular weight excluding hydrogens is 184 g/mol. The third kappa shape index (κ3) is 2.73. The highest BCUT2D eigenvalue weighted by Crippen LogP contribution is 2.33. The summed E-state index contributed by atoms with van der Waals surface area (Å²) < 4.78 is 0. The van der Waals surface area contributed by atoms with Crippen LogP contribution in [-0.4, -0.2) is 38.1 Å². The van der Waals surface area contributed by atoms with Crippen LogP contribution in [0.15, 0.2) is 0 Å². The van der Waals surface area contributed by atoms with Gasteiger partial charge in [0.25, 0.3) is 0 Å². The van der Waals surface area contributed by atoms with Gasteiger partial charge in [0.05, 0.1) is 0 Å². The fraction of sp³-hybridized carbons (Fsp3) is 1.00. The van der Waals surface area contributed by atoms with Crippen molar-refractivity contribution < 1.29 is 0 Å². The second-order valence-corrected chi connectivity index (χ2v) is 5.55. The first-order valence-electron chi connectivity index (χ1n) is 6.66. The monoisotopic (exact) mass is 210 g/mol. The van der Waals surface area contributed by atoms with Crippen molar-refractivity contribution in [1.82, 2.24) is 10.2 Å². The molecule has 1 N–H and O–H groups in total. The van der Waals surface area contributed by atoms with Crippen LogP contribution in [0, 0.1) is 11.8 Å². The van der Waals surface area contributed by atoms with E-state index in [0.717, 1.165) is 17.9 Å². The average molecular weight is 210 g/mol. The molecule has 0 spiro atoms. The van der Waals surface area contributed by atoms with E-state index >= 15 is 0 Å². The zero-order valence-electron chi connectivity index (χ0n) is 10.3. The fourth-order valence-electron chi connectivity index (χ4n) is 3.37. The van der Waals surface area contributed by atoms with Gasteiger partial charge >= 0.3 is 0 Å². The average Bonchev–Trinajstić information content (AvgIpc) is 2.64. The predicted octanol–water partition coefficient (Wildman–Crippen LogP) is 2.11. The molecule has 2 fully saturated rings. The molecule has 0 heterocycles. The van der Waals surface area contributed by atoms with Crippen molar-refractivity contribution in [3.05, 3.63) is 0 Å². The Hall–Kier alpha value is -0.0800. The number of hydrogen-bond acceptors (Lipinski definition) is 2. The molecule has 0 amide bonds. The lowest BCUT2D eigenvalue weighted by Crippen LogP contribution is -2.49. The van der Waals surface area contributed by atoms with E-state index in [1.54, 1.807) is 0 Å². The van der Waals surface area contributed by atoms with E-state index in [1.165, 1.54) is 51.6 Å². The summed E-state index contributed by atoms with van der Waals surface area (Å²) in [6, 6.07) is 0.873. The summed E-state index contributed by atoms with van der Waals surface area (Å²) in [5, 5.41) is 3.32. The van der Waals surface area contributed by atoms with E-state index in [4.69, 9.17) is 0 Å². The van der Waals surface area contributed by atoms with Crippen LogP contribution >= 0.6 is 0 Å². The molecular formula is C13H26N2. The number of nitrogens with one attached hydrogen (secondary N) is 1. The Bertz CT molecular complexity index is 187. The highest BCUT2D eigenvalue weighted by atomic mass is 15.1. The van der Waals surface area contributed by atoms with Crippen LogP contribution in [0.1, 0.15) is 38.5 Å². The van der Waals surface area contributed by atoms with Crippen molar-refractivity contribution in [2.24, 2.45) is 11.8 Å². The van der Waals surface area contributed by atoms with Gasteiger partial charge < -0.3 is 10.2 Å². The number of hydrogen-bond donors (Lipinski definition) is 1. The minimum absolute atomic E-state index is 0.873. The zero-order valence-corrected chi connectivity index (χ0v) is 10.3. The molecule has 0 bridgehead atoms. The third-order valence-electron chi connectivity index (χ3n) is 4.43. The summed E-state index contributed by atoms with van der Waals surface area (Å²) in [4.78, 5) is 2.64. The lowest BCUT2D eigenvalue weighted by Gasteiger charge is -2.43. The molecule has 2 nitrogen and oxygen atoms in total. The molecule has 2 heteroatoms. The van der Waals surface area contributed by atoms with Crippen LogP contribution < -0.4 is 5.32 Å². The summed E-state index contributed by atoms with van der Waals surface area (Å²) in [6.45, 7) is 2.56. The quantitative estimate of drug-likeness (QED) is 0.747. The van der Waals surface area contributed by atoms with E-state index in [-0.39, 0.29) is 0 Å². The molecule has 15 heavy (non-hydrogen) atoms. The Morgan fingerprint density at radius 3 is 2.40 bits per heavy atom. The number of nitrogens with zero attached hydrogens (tertiary/aromatic N) is 1. The molecule has 0 saturated heterocycles. The van der Waals surface area contributed by atoms with Gasteiger partial charge in [-0.3, -0.25) is 0 Å². The summed E-state index contributed by atoms with van der Waals surface area (Å²) in [5.41, 5.74) is 0. The Balaban J connectivity index is 1.72. The first-order chi connectivity index (χ1) is 7.31. The molecule has 2 saturated carbocycles. The van der Waals surface area contributed by atoms with Crippen molar-refractivity contribution in [3.63, 3.8) is 0 Å². The SMILES string of the molecule is CNCC1CCC1N(C)CC1CCCC1. The summed E-state index contributed by atoms with van der Waals surface area (Å²) in [5.74, 6) is 1.92. The van der Waals surface area contributed by atoms with Crippen molar-refractivity contribution in [3.8, 4) is 0 Å². The highest BCUT2D eigenvalue weighted by Gasteiger charge is 2.34. The van der Waals surface area contributed by atoms with Crippen LogP contribution in [0.2, 0.25) is 0 Å². The molecule has 2 unspecified atom stereocenters. The fourth-order valence-corrected chi connectivity index (χ4v) is 3.37. The lowest BCUT2D eigenvalue weighted by atomic mass is 9.78. The van der Waals surface area contributed by atoms with Crippen molar-refractivity contribution in [2.45, 2.75) is 44.6 Å². The maximum Gasteiger partial charge on any atom is 0.0133 e. The lowest BCUT2D eigenvalue weighted by molar-refractivity contribution is 0.0726. The second kappa shape index (κ2) is 5.31. The Kier molecular flexibility index (Phi) is 4.04. The van der Waals surface area contributed by atoms with E-state index in [1.807, 2.05) is 0 Å². The van der Waals surface area contributed by atoms with E-state index in [0.29, 0.717) is 0 Å². The summed E-state index contributed by atoms with van der Waals surface area (Å²) in [7, 11) is 4.41. The van der Waals surface area contributed by atoms with Crippen molar-refractivity contribution >= 4 is 0 Å². The normalized spacial score (nSPS) is 32.2. The molecule has 2 aliphatic carbocycles. The van der Waals surface area contributed by atoms with Gasteiger partial charge in [-0.1, -0.05) is 12.8 Å². The Morgan fingerprint density at radius 2 is 1.87 bits per heavy atom. The maximum atomic E-state index is 3.32. The largest absolute Gasteiger partial charge is 0.319 e. The van der Waals surface area contributed by atoms with Gasteiger partial charge in [0.1, 0.15) is 0 Å². The maximum absolute atomic E-state index is 3.32. The molecule has 0 radical (unpaired) electrons. The predicted molar refractivity (Wildman–Crippen MR) is 65.0 cm³/mol. The first-order valence-corrected chi connectivity index (χ1v) is 6.66. The van der Waals surface area contributed by atoms with Gasteiger partial charge in [0, 0.05) is 12.6 Å². The Labute approximate surface area is 94.4 Å². The molecule has 0 aromatic rings. The molecule has 0 aliphatic heterocycles. The topological polar surface area (TPSA) is 15.3 Å². The van der Waals surface area contributed by atoms with Gasteiger partial charge in [0.2, 0.25) is 0 Å². The van der Waals surface area contributed by atoms with Gasteiger partial charge in [-0.25, -0.2) is 0 Å². The van der Waals surface area contributed by atoms with Crippen LogP contribution in [0.3, 0.4) is 0 Å². The zero-order chi connectivity index (χ0) is 10.7. The summed E-state index contributed by atoms with van der Waals surface area (Å²) in [6.07, 6.45) is 8.77. The van der Waals surface area contributed by atoms with E-state index in [2.05, 4.69) is 24.3 Å². The smallest absolute Gasteiger partial charge is 0.0133 e. The van der Waals surface area contributed by atoms with E-state index < -0.39 is 0 Å². The van der Waals surface area contributed by atoms with Crippen LogP contribution in [0.5, 0.6) is 0 Å². The molecule has 0 aromatic carbocycles. The minimum Gasteiger partial charge on any atom is -0.319 e. The van der Waals surface area contributed by atoms with Gasteiger partial charge in [-0.05, 0) is 58.2 Å². The van der Waals surface area contributed by atoms with E-state index in [9.17, 15) is 0 Å². The van der Waals surface area contributed by atoms with Gasteiger partial charge in [0.15, 0.2) is 0 Å². The first kappa shape index (κ1) is 11.4. The Morgan fingerprint density at radius 1 is 1.13 bits per heavy atom. The van der Waals surface area contributed by atoms with Crippen molar-refractivity contribution in [2.75, 3.05) is 27.2 Å². The number of rotatable bonds is 5. The highest BCUT2D eigenvalue weighted by molar-refractivity contribution is 4.89.